The average Bonchev–Trinajstić information content (AvgIpc) is 3.07. The molecule has 0 unspecified atom stereocenters. The topological polar surface area (TPSA) is 46.2 Å². The summed E-state index contributed by atoms with van der Waals surface area (Å²) in [5, 5.41) is 15.6. The number of benzene rings is 1. The molecule has 0 amide bonds. The van der Waals surface area contributed by atoms with Gasteiger partial charge in [-0.1, -0.05) is 12.1 Å². The lowest BCUT2D eigenvalue weighted by Crippen LogP contribution is -2.22. The molecule has 0 spiro atoms. The van der Waals surface area contributed by atoms with Gasteiger partial charge in [0.15, 0.2) is 0 Å². The van der Waals surface area contributed by atoms with E-state index in [2.05, 4.69) is 56.8 Å². The molecule has 3 heterocycles. The largest absolute Gasteiger partial charge is 0.387 e. The van der Waals surface area contributed by atoms with Crippen LogP contribution < -0.4 is 0 Å². The first-order valence-corrected chi connectivity index (χ1v) is 8.61. The van der Waals surface area contributed by atoms with Crippen LogP contribution in [0.1, 0.15) is 36.4 Å². The first-order chi connectivity index (χ1) is 11.6. The molecule has 0 bridgehead atoms. The van der Waals surface area contributed by atoms with E-state index in [1.54, 1.807) is 6.92 Å². The van der Waals surface area contributed by atoms with Crippen molar-refractivity contribution in [1.29, 1.82) is 0 Å². The number of hydrogen-bond acceptors (Lipinski definition) is 3. The van der Waals surface area contributed by atoms with Crippen molar-refractivity contribution in [2.75, 3.05) is 6.54 Å². The molecule has 0 fully saturated rings. The Morgan fingerprint density at radius 2 is 2.08 bits per heavy atom. The van der Waals surface area contributed by atoms with E-state index >= 15 is 0 Å². The van der Waals surface area contributed by atoms with Crippen molar-refractivity contribution >= 4 is 10.9 Å². The monoisotopic (exact) mass is 324 g/mol. The van der Waals surface area contributed by atoms with Gasteiger partial charge in [-0.25, -0.2) is 0 Å². The van der Waals surface area contributed by atoms with Crippen molar-refractivity contribution < 1.29 is 5.11 Å². The van der Waals surface area contributed by atoms with E-state index in [0.717, 1.165) is 38.3 Å². The molecular formula is C19H24N4O. The van der Waals surface area contributed by atoms with Crippen LogP contribution in [0, 0.1) is 0 Å². The summed E-state index contributed by atoms with van der Waals surface area (Å²) < 4.78 is 4.23. The fourth-order valence-corrected chi connectivity index (χ4v) is 3.55. The molecular weight excluding hydrogens is 300 g/mol. The van der Waals surface area contributed by atoms with Crippen LogP contribution in [0.3, 0.4) is 0 Å². The maximum absolute atomic E-state index is 9.76. The minimum absolute atomic E-state index is 0.502. The molecule has 5 nitrogen and oxygen atoms in total. The second kappa shape index (κ2) is 6.07. The molecule has 0 saturated heterocycles. The van der Waals surface area contributed by atoms with Gasteiger partial charge in [0.1, 0.15) is 0 Å². The van der Waals surface area contributed by atoms with Crippen LogP contribution in [0.2, 0.25) is 0 Å². The molecule has 5 heteroatoms. The maximum Gasteiger partial charge on any atom is 0.0950 e. The summed E-state index contributed by atoms with van der Waals surface area (Å²) in [6, 6.07) is 10.9. The summed E-state index contributed by atoms with van der Waals surface area (Å²) >= 11 is 0. The lowest BCUT2D eigenvalue weighted by molar-refractivity contribution is 0.193. The molecule has 1 aromatic carbocycles. The van der Waals surface area contributed by atoms with Crippen LogP contribution in [0.5, 0.6) is 0 Å². The number of aliphatic hydroxyl groups is 1. The molecule has 3 aromatic rings. The summed E-state index contributed by atoms with van der Waals surface area (Å²) in [5.74, 6) is 0. The van der Waals surface area contributed by atoms with Crippen LogP contribution in [0.4, 0.5) is 0 Å². The summed E-state index contributed by atoms with van der Waals surface area (Å²) in [4.78, 5) is 2.47. The Labute approximate surface area is 142 Å². The quantitative estimate of drug-likeness (QED) is 0.806. The molecule has 126 valence electrons. The SMILES string of the molecule is C[C@H](O)c1cc2n(n1)CCCN(Cc1ccc3ccn(C)c3c1)C2. The van der Waals surface area contributed by atoms with Gasteiger partial charge in [0.25, 0.3) is 0 Å². The van der Waals surface area contributed by atoms with E-state index in [0.29, 0.717) is 0 Å². The van der Waals surface area contributed by atoms with E-state index in [4.69, 9.17) is 0 Å². The van der Waals surface area contributed by atoms with Crippen molar-refractivity contribution in [1.82, 2.24) is 19.2 Å². The Morgan fingerprint density at radius 1 is 1.21 bits per heavy atom. The highest BCUT2D eigenvalue weighted by molar-refractivity contribution is 5.80. The zero-order valence-corrected chi connectivity index (χ0v) is 14.3. The zero-order valence-electron chi connectivity index (χ0n) is 14.3. The fraction of sp³-hybridized carbons (Fsp3) is 0.421. The molecule has 0 radical (unpaired) electrons. The predicted octanol–water partition coefficient (Wildman–Crippen LogP) is 2.83. The highest BCUT2D eigenvalue weighted by Gasteiger charge is 2.18. The minimum Gasteiger partial charge on any atom is -0.387 e. The molecule has 2 aromatic heterocycles. The van der Waals surface area contributed by atoms with Crippen molar-refractivity contribution in [2.45, 2.75) is 39.1 Å². The fourth-order valence-electron chi connectivity index (χ4n) is 3.55. The first kappa shape index (κ1) is 15.4. The molecule has 0 saturated carbocycles. The normalized spacial score (nSPS) is 17.0. The number of hydrogen-bond donors (Lipinski definition) is 1. The molecule has 1 aliphatic rings. The number of aliphatic hydroxyl groups excluding tert-OH is 1. The van der Waals surface area contributed by atoms with Gasteiger partial charge in [0.2, 0.25) is 0 Å². The van der Waals surface area contributed by atoms with Gasteiger partial charge in [-0.15, -0.1) is 0 Å². The van der Waals surface area contributed by atoms with E-state index in [-0.39, 0.29) is 0 Å². The molecule has 4 rings (SSSR count). The first-order valence-electron chi connectivity index (χ1n) is 8.61. The van der Waals surface area contributed by atoms with Gasteiger partial charge < -0.3 is 9.67 Å². The van der Waals surface area contributed by atoms with E-state index in [1.165, 1.54) is 22.2 Å². The van der Waals surface area contributed by atoms with Crippen molar-refractivity contribution in [3.05, 3.63) is 53.5 Å². The van der Waals surface area contributed by atoms with Crippen LogP contribution in [-0.4, -0.2) is 30.9 Å². The van der Waals surface area contributed by atoms with E-state index in [1.807, 2.05) is 6.07 Å². The van der Waals surface area contributed by atoms with Crippen LogP contribution in [0.25, 0.3) is 10.9 Å². The Bertz CT molecular complexity index is 862. The van der Waals surface area contributed by atoms with Gasteiger partial charge in [0, 0.05) is 44.9 Å². The summed E-state index contributed by atoms with van der Waals surface area (Å²) in [7, 11) is 2.09. The molecule has 1 atom stereocenters. The van der Waals surface area contributed by atoms with Gasteiger partial charge in [-0.2, -0.15) is 5.10 Å². The predicted molar refractivity (Wildman–Crippen MR) is 94.5 cm³/mol. The molecule has 1 N–H and O–H groups in total. The summed E-state index contributed by atoms with van der Waals surface area (Å²) in [6.07, 6.45) is 2.69. The second-order valence-corrected chi connectivity index (χ2v) is 6.84. The van der Waals surface area contributed by atoms with Crippen LogP contribution in [0.15, 0.2) is 36.5 Å². The van der Waals surface area contributed by atoms with Gasteiger partial charge >= 0.3 is 0 Å². The third-order valence-electron chi connectivity index (χ3n) is 4.90. The third-order valence-corrected chi connectivity index (χ3v) is 4.90. The maximum atomic E-state index is 9.76. The number of rotatable bonds is 3. The highest BCUT2D eigenvalue weighted by Crippen LogP contribution is 2.21. The number of fused-ring (bicyclic) bond motifs is 2. The van der Waals surface area contributed by atoms with E-state index in [9.17, 15) is 5.11 Å². The van der Waals surface area contributed by atoms with Gasteiger partial charge in [-0.05, 0) is 42.5 Å². The summed E-state index contributed by atoms with van der Waals surface area (Å²) in [5.41, 5.74) is 4.59. The molecule has 1 aliphatic heterocycles. The van der Waals surface area contributed by atoms with Crippen molar-refractivity contribution in [3.8, 4) is 0 Å². The summed E-state index contributed by atoms with van der Waals surface area (Å²) in [6.45, 7) is 5.59. The standard InChI is InChI=1S/C19H24N4O/c1-14(24)18-11-17-13-22(7-3-8-23(17)20-18)12-15-4-5-16-6-9-21(2)19(16)10-15/h4-6,9-11,14,24H,3,7-8,12-13H2,1-2H3/t14-/m0/s1. The molecule has 0 aliphatic carbocycles. The Kier molecular flexibility index (Phi) is 3.90. The van der Waals surface area contributed by atoms with Gasteiger partial charge in [0.05, 0.1) is 17.5 Å². The van der Waals surface area contributed by atoms with E-state index < -0.39 is 6.10 Å². The highest BCUT2D eigenvalue weighted by atomic mass is 16.3. The Balaban J connectivity index is 1.55. The van der Waals surface area contributed by atoms with Crippen molar-refractivity contribution in [2.24, 2.45) is 7.05 Å². The number of aromatic nitrogens is 3. The van der Waals surface area contributed by atoms with Crippen molar-refractivity contribution in [3.63, 3.8) is 0 Å². The van der Waals surface area contributed by atoms with Crippen LogP contribution in [-0.2, 0) is 26.7 Å². The smallest absolute Gasteiger partial charge is 0.0950 e. The lowest BCUT2D eigenvalue weighted by Gasteiger charge is -2.19. The Morgan fingerprint density at radius 3 is 2.92 bits per heavy atom. The average molecular weight is 324 g/mol. The lowest BCUT2D eigenvalue weighted by atomic mass is 10.1. The number of nitrogens with zero attached hydrogens (tertiary/aromatic N) is 4. The second-order valence-electron chi connectivity index (χ2n) is 6.84. The minimum atomic E-state index is -0.502. The zero-order chi connectivity index (χ0) is 16.7. The third kappa shape index (κ3) is 2.85. The molecule has 24 heavy (non-hydrogen) atoms. The van der Waals surface area contributed by atoms with Gasteiger partial charge in [-0.3, -0.25) is 9.58 Å². The van der Waals surface area contributed by atoms with Crippen LogP contribution >= 0.6 is 0 Å². The number of aryl methyl sites for hydroxylation is 2. The Hall–Kier alpha value is -2.11.